The van der Waals surface area contributed by atoms with E-state index in [2.05, 4.69) is 4.98 Å². The summed E-state index contributed by atoms with van der Waals surface area (Å²) >= 11 is 0. The van der Waals surface area contributed by atoms with Crippen molar-refractivity contribution in [3.63, 3.8) is 0 Å². The summed E-state index contributed by atoms with van der Waals surface area (Å²) < 4.78 is 6.15. The van der Waals surface area contributed by atoms with Crippen LogP contribution < -0.4 is 11.2 Å². The van der Waals surface area contributed by atoms with Crippen molar-refractivity contribution < 1.29 is 14.3 Å². The Hall–Kier alpha value is -3.88. The number of aromatic amines is 1. The van der Waals surface area contributed by atoms with Gasteiger partial charge in [0.1, 0.15) is 0 Å². The number of hydrogen-bond donors (Lipinski definition) is 1. The molecule has 1 aromatic heterocycles. The van der Waals surface area contributed by atoms with Gasteiger partial charge in [0.25, 0.3) is 11.5 Å². The molecule has 0 saturated carbocycles. The second-order valence-corrected chi connectivity index (χ2v) is 7.54. The van der Waals surface area contributed by atoms with E-state index in [4.69, 9.17) is 4.74 Å². The third-order valence-corrected chi connectivity index (χ3v) is 5.52. The molecule has 0 radical (unpaired) electrons. The van der Waals surface area contributed by atoms with E-state index >= 15 is 0 Å². The molecule has 0 unspecified atom stereocenters. The standard InChI is InChI=1S/C23H24N4O5/c1-2-32-23(31)26-13-11-25(12-14-26)20(28)17-9-7-16(8-10-17)15-27-21(29)18-5-3-4-6-19(18)24-22(27)30/h3-10H,2,11-15H2,1H3,(H,24,30). The molecule has 0 aliphatic carbocycles. The van der Waals surface area contributed by atoms with Crippen molar-refractivity contribution in [3.8, 4) is 0 Å². The van der Waals surface area contributed by atoms with Crippen LogP contribution in [0.1, 0.15) is 22.8 Å². The highest BCUT2D eigenvalue weighted by Crippen LogP contribution is 2.12. The third kappa shape index (κ3) is 4.27. The largest absolute Gasteiger partial charge is 0.450 e. The average molecular weight is 436 g/mol. The highest BCUT2D eigenvalue weighted by atomic mass is 16.6. The molecule has 166 valence electrons. The maximum atomic E-state index is 12.8. The number of carbonyl (C=O) groups excluding carboxylic acids is 2. The van der Waals surface area contributed by atoms with E-state index in [1.807, 2.05) is 0 Å². The first kappa shape index (κ1) is 21.4. The molecule has 0 atom stereocenters. The van der Waals surface area contributed by atoms with E-state index in [9.17, 15) is 19.2 Å². The lowest BCUT2D eigenvalue weighted by Gasteiger charge is -2.34. The first-order valence-corrected chi connectivity index (χ1v) is 10.5. The van der Waals surface area contributed by atoms with Crippen molar-refractivity contribution in [1.29, 1.82) is 0 Å². The van der Waals surface area contributed by atoms with E-state index in [-0.39, 0.29) is 24.1 Å². The SMILES string of the molecule is CCOC(=O)N1CCN(C(=O)c2ccc(Cn3c(=O)[nH]c4ccccc4c3=O)cc2)CC1. The lowest BCUT2D eigenvalue weighted by atomic mass is 10.1. The summed E-state index contributed by atoms with van der Waals surface area (Å²) in [6.45, 7) is 3.90. The molecule has 9 nitrogen and oxygen atoms in total. The predicted molar refractivity (Wildman–Crippen MR) is 119 cm³/mol. The van der Waals surface area contributed by atoms with Gasteiger partial charge in [0, 0.05) is 31.7 Å². The Morgan fingerprint density at radius 3 is 2.28 bits per heavy atom. The van der Waals surface area contributed by atoms with Gasteiger partial charge < -0.3 is 19.5 Å². The zero-order valence-electron chi connectivity index (χ0n) is 17.7. The highest BCUT2D eigenvalue weighted by Gasteiger charge is 2.25. The van der Waals surface area contributed by atoms with E-state index in [1.165, 1.54) is 0 Å². The molecule has 0 spiro atoms. The van der Waals surface area contributed by atoms with Gasteiger partial charge in [0.05, 0.1) is 24.1 Å². The zero-order valence-corrected chi connectivity index (χ0v) is 17.7. The topological polar surface area (TPSA) is 105 Å². The van der Waals surface area contributed by atoms with Gasteiger partial charge in [0.15, 0.2) is 0 Å². The van der Waals surface area contributed by atoms with E-state index in [0.29, 0.717) is 49.3 Å². The second kappa shape index (κ2) is 9.09. The molecule has 32 heavy (non-hydrogen) atoms. The predicted octanol–water partition coefficient (Wildman–Crippen LogP) is 1.65. The minimum Gasteiger partial charge on any atom is -0.450 e. The molecule has 1 saturated heterocycles. The van der Waals surface area contributed by atoms with Gasteiger partial charge >= 0.3 is 11.8 Å². The lowest BCUT2D eigenvalue weighted by molar-refractivity contribution is 0.0570. The Kier molecular flexibility index (Phi) is 6.07. The van der Waals surface area contributed by atoms with Gasteiger partial charge in [-0.1, -0.05) is 24.3 Å². The Balaban J connectivity index is 1.45. The molecule has 2 aromatic carbocycles. The smallest absolute Gasteiger partial charge is 0.409 e. The molecule has 3 aromatic rings. The number of H-pyrrole nitrogens is 1. The number of carbonyl (C=O) groups is 2. The highest BCUT2D eigenvalue weighted by molar-refractivity contribution is 5.94. The summed E-state index contributed by atoms with van der Waals surface area (Å²) in [5.74, 6) is -0.124. The summed E-state index contributed by atoms with van der Waals surface area (Å²) in [4.78, 5) is 55.7. The van der Waals surface area contributed by atoms with Crippen molar-refractivity contribution in [1.82, 2.24) is 19.4 Å². The molecule has 0 bridgehead atoms. The van der Waals surface area contributed by atoms with Crippen LogP contribution in [0.25, 0.3) is 10.9 Å². The first-order valence-electron chi connectivity index (χ1n) is 10.5. The Morgan fingerprint density at radius 1 is 0.938 bits per heavy atom. The molecular formula is C23H24N4O5. The number of amides is 2. The zero-order chi connectivity index (χ0) is 22.7. The number of rotatable bonds is 4. The van der Waals surface area contributed by atoms with Crippen LogP contribution in [0.15, 0.2) is 58.1 Å². The van der Waals surface area contributed by atoms with Crippen LogP contribution >= 0.6 is 0 Å². The van der Waals surface area contributed by atoms with Crippen LogP contribution in [0.5, 0.6) is 0 Å². The third-order valence-electron chi connectivity index (χ3n) is 5.52. The second-order valence-electron chi connectivity index (χ2n) is 7.54. The van der Waals surface area contributed by atoms with Crippen molar-refractivity contribution in [2.24, 2.45) is 0 Å². The maximum absolute atomic E-state index is 12.8. The monoisotopic (exact) mass is 436 g/mol. The summed E-state index contributed by atoms with van der Waals surface area (Å²) in [5.41, 5.74) is 0.912. The Bertz CT molecular complexity index is 1250. The van der Waals surface area contributed by atoms with Crippen LogP contribution in [-0.4, -0.2) is 64.1 Å². The van der Waals surface area contributed by atoms with Gasteiger partial charge in [-0.25, -0.2) is 9.59 Å². The molecule has 2 heterocycles. The number of hydrogen-bond acceptors (Lipinski definition) is 5. The van der Waals surface area contributed by atoms with E-state index in [0.717, 1.165) is 10.1 Å². The molecule has 1 N–H and O–H groups in total. The molecule has 9 heteroatoms. The summed E-state index contributed by atoms with van der Waals surface area (Å²) in [6.07, 6.45) is -0.358. The molecular weight excluding hydrogens is 412 g/mol. The number of ether oxygens (including phenoxy) is 1. The normalized spacial score (nSPS) is 13.9. The van der Waals surface area contributed by atoms with Crippen molar-refractivity contribution in [3.05, 3.63) is 80.5 Å². The summed E-state index contributed by atoms with van der Waals surface area (Å²) in [6, 6.07) is 13.7. The number of piperazine rings is 1. The van der Waals surface area contributed by atoms with Crippen LogP contribution in [0, 0.1) is 0 Å². The van der Waals surface area contributed by atoms with Gasteiger partial charge in [-0.15, -0.1) is 0 Å². The molecule has 1 fully saturated rings. The van der Waals surface area contributed by atoms with Crippen LogP contribution in [0.2, 0.25) is 0 Å². The van der Waals surface area contributed by atoms with E-state index in [1.54, 1.807) is 65.3 Å². The minimum atomic E-state index is -0.478. The van der Waals surface area contributed by atoms with Gasteiger partial charge in [-0.05, 0) is 36.8 Å². The molecule has 2 amide bonds. The van der Waals surface area contributed by atoms with Crippen molar-refractivity contribution in [2.45, 2.75) is 13.5 Å². The fourth-order valence-electron chi connectivity index (χ4n) is 3.77. The van der Waals surface area contributed by atoms with Gasteiger partial charge in [0.2, 0.25) is 0 Å². The van der Waals surface area contributed by atoms with Crippen LogP contribution in [0.4, 0.5) is 4.79 Å². The van der Waals surface area contributed by atoms with Gasteiger partial charge in [-0.3, -0.25) is 14.2 Å². The molecule has 4 rings (SSSR count). The Labute approximate surface area is 183 Å². The Morgan fingerprint density at radius 2 is 1.59 bits per heavy atom. The van der Waals surface area contributed by atoms with Crippen LogP contribution in [0.3, 0.4) is 0 Å². The van der Waals surface area contributed by atoms with Gasteiger partial charge in [-0.2, -0.15) is 0 Å². The lowest BCUT2D eigenvalue weighted by Crippen LogP contribution is -2.50. The number of fused-ring (bicyclic) bond motifs is 1. The maximum Gasteiger partial charge on any atom is 0.409 e. The first-order chi connectivity index (χ1) is 15.5. The fourth-order valence-corrected chi connectivity index (χ4v) is 3.77. The summed E-state index contributed by atoms with van der Waals surface area (Å²) in [7, 11) is 0. The number of nitrogens with one attached hydrogen (secondary N) is 1. The number of para-hydroxylation sites is 1. The number of benzene rings is 2. The fraction of sp³-hybridized carbons (Fsp3) is 0.304. The number of aromatic nitrogens is 2. The van der Waals surface area contributed by atoms with E-state index < -0.39 is 5.69 Å². The summed E-state index contributed by atoms with van der Waals surface area (Å²) in [5, 5.41) is 0.445. The van der Waals surface area contributed by atoms with Crippen molar-refractivity contribution in [2.75, 3.05) is 32.8 Å². The molecule has 1 aliphatic heterocycles. The quantitative estimate of drug-likeness (QED) is 0.670. The number of nitrogens with zero attached hydrogens (tertiary/aromatic N) is 3. The average Bonchev–Trinajstić information content (AvgIpc) is 2.82. The van der Waals surface area contributed by atoms with Crippen LogP contribution in [-0.2, 0) is 11.3 Å². The molecule has 1 aliphatic rings. The minimum absolute atomic E-state index is 0.103. The van der Waals surface area contributed by atoms with Crippen molar-refractivity contribution >= 4 is 22.9 Å².